The lowest BCUT2D eigenvalue weighted by atomic mass is 10.1. The van der Waals surface area contributed by atoms with E-state index in [1.54, 1.807) is 4.90 Å². The molecule has 1 saturated heterocycles. The van der Waals surface area contributed by atoms with Gasteiger partial charge in [0.15, 0.2) is 0 Å². The maximum Gasteiger partial charge on any atom is 0.226 e. The number of rotatable bonds is 11. The summed E-state index contributed by atoms with van der Waals surface area (Å²) in [6, 6.07) is 7.63. The third-order valence-electron chi connectivity index (χ3n) is 5.41. The minimum absolute atomic E-state index is 0.0800. The summed E-state index contributed by atoms with van der Waals surface area (Å²) < 4.78 is 0. The minimum Gasteiger partial charge on any atom is -0.371 e. The van der Waals surface area contributed by atoms with Crippen LogP contribution in [0.4, 0.5) is 11.4 Å². The molecule has 7 nitrogen and oxygen atoms in total. The van der Waals surface area contributed by atoms with Crippen molar-refractivity contribution < 1.29 is 14.4 Å². The largest absolute Gasteiger partial charge is 0.371 e. The van der Waals surface area contributed by atoms with Crippen LogP contribution in [0.2, 0.25) is 0 Å². The van der Waals surface area contributed by atoms with Crippen molar-refractivity contribution in [3.05, 3.63) is 24.3 Å². The first-order valence-electron chi connectivity index (χ1n) is 11.1. The number of hydrogen-bond donors (Lipinski definition) is 2. The zero-order valence-electron chi connectivity index (χ0n) is 18.6. The van der Waals surface area contributed by atoms with E-state index in [1.807, 2.05) is 39.0 Å². The quantitative estimate of drug-likeness (QED) is 0.581. The van der Waals surface area contributed by atoms with Gasteiger partial charge in [-0.05, 0) is 58.2 Å². The number of carbonyl (C=O) groups excluding carboxylic acids is 3. The van der Waals surface area contributed by atoms with Gasteiger partial charge in [0, 0.05) is 62.9 Å². The highest BCUT2D eigenvalue weighted by Gasteiger charge is 2.15. The molecule has 2 N–H and O–H groups in total. The fraction of sp³-hybridized carbons (Fsp3) is 0.609. The van der Waals surface area contributed by atoms with Gasteiger partial charge in [0.2, 0.25) is 17.7 Å². The Hall–Kier alpha value is -2.57. The van der Waals surface area contributed by atoms with Gasteiger partial charge in [-0.25, -0.2) is 0 Å². The Morgan fingerprint density at radius 1 is 1.07 bits per heavy atom. The van der Waals surface area contributed by atoms with Crippen molar-refractivity contribution in [1.29, 1.82) is 0 Å². The zero-order valence-corrected chi connectivity index (χ0v) is 18.6. The summed E-state index contributed by atoms with van der Waals surface area (Å²) in [4.78, 5) is 40.5. The molecule has 0 spiro atoms. The lowest BCUT2D eigenvalue weighted by Gasteiger charge is -2.19. The first-order valence-corrected chi connectivity index (χ1v) is 11.1. The fourth-order valence-electron chi connectivity index (χ4n) is 3.78. The average Bonchev–Trinajstić information content (AvgIpc) is 3.23. The van der Waals surface area contributed by atoms with Gasteiger partial charge in [0.1, 0.15) is 0 Å². The van der Waals surface area contributed by atoms with E-state index in [1.165, 1.54) is 12.8 Å². The molecular weight excluding hydrogens is 380 g/mol. The van der Waals surface area contributed by atoms with Gasteiger partial charge in [-0.3, -0.25) is 14.4 Å². The van der Waals surface area contributed by atoms with Crippen molar-refractivity contribution in [3.8, 4) is 0 Å². The normalized spacial score (nSPS) is 14.3. The van der Waals surface area contributed by atoms with Crippen LogP contribution < -0.4 is 15.5 Å². The second-order valence-electron chi connectivity index (χ2n) is 7.88. The highest BCUT2D eigenvalue weighted by atomic mass is 16.2. The summed E-state index contributed by atoms with van der Waals surface area (Å²) in [5.74, 6) is -0.173. The van der Waals surface area contributed by atoms with E-state index < -0.39 is 0 Å². The average molecular weight is 417 g/mol. The van der Waals surface area contributed by atoms with E-state index in [0.717, 1.165) is 24.5 Å². The molecule has 1 atom stereocenters. The molecule has 1 aliphatic heterocycles. The molecule has 0 bridgehead atoms. The number of amides is 3. The van der Waals surface area contributed by atoms with Crippen LogP contribution in [0, 0.1) is 0 Å². The number of carbonyl (C=O) groups is 3. The van der Waals surface area contributed by atoms with Crippen LogP contribution >= 0.6 is 0 Å². The molecule has 0 saturated carbocycles. The van der Waals surface area contributed by atoms with Gasteiger partial charge in [-0.2, -0.15) is 0 Å². The van der Waals surface area contributed by atoms with E-state index in [4.69, 9.17) is 0 Å². The molecular formula is C23H36N4O3. The van der Waals surface area contributed by atoms with E-state index in [-0.39, 0.29) is 36.6 Å². The first-order chi connectivity index (χ1) is 14.4. The number of nitrogens with zero attached hydrogens (tertiary/aromatic N) is 2. The molecule has 1 fully saturated rings. The third kappa shape index (κ3) is 7.69. The minimum atomic E-state index is -0.266. The predicted molar refractivity (Wildman–Crippen MR) is 121 cm³/mol. The number of anilines is 2. The van der Waals surface area contributed by atoms with Crippen molar-refractivity contribution in [2.45, 2.75) is 65.3 Å². The van der Waals surface area contributed by atoms with Crippen LogP contribution in [0.15, 0.2) is 24.3 Å². The van der Waals surface area contributed by atoms with Gasteiger partial charge in [0.05, 0.1) is 0 Å². The Morgan fingerprint density at radius 2 is 1.77 bits per heavy atom. The topological polar surface area (TPSA) is 81.8 Å². The predicted octanol–water partition coefficient (Wildman–Crippen LogP) is 3.16. The summed E-state index contributed by atoms with van der Waals surface area (Å²) in [6.45, 7) is 9.21. The molecule has 1 unspecified atom stereocenters. The molecule has 1 aromatic carbocycles. The number of nitrogens with one attached hydrogen (secondary N) is 2. The van der Waals surface area contributed by atoms with Gasteiger partial charge in [-0.15, -0.1) is 0 Å². The maximum absolute atomic E-state index is 12.4. The van der Waals surface area contributed by atoms with Crippen LogP contribution in [-0.4, -0.2) is 54.8 Å². The second-order valence-corrected chi connectivity index (χ2v) is 7.88. The van der Waals surface area contributed by atoms with Crippen LogP contribution in [0.3, 0.4) is 0 Å². The van der Waals surface area contributed by atoms with Crippen LogP contribution in [-0.2, 0) is 14.4 Å². The van der Waals surface area contributed by atoms with Crippen molar-refractivity contribution in [2.75, 3.05) is 36.4 Å². The zero-order chi connectivity index (χ0) is 21.9. The highest BCUT2D eigenvalue weighted by molar-refractivity contribution is 5.92. The van der Waals surface area contributed by atoms with Crippen molar-refractivity contribution in [1.82, 2.24) is 10.2 Å². The molecule has 0 aliphatic carbocycles. The molecule has 0 radical (unpaired) electrons. The maximum atomic E-state index is 12.4. The molecule has 1 aromatic rings. The summed E-state index contributed by atoms with van der Waals surface area (Å²) >= 11 is 0. The lowest BCUT2D eigenvalue weighted by molar-refractivity contribution is -0.131. The fourth-order valence-corrected chi connectivity index (χ4v) is 3.78. The summed E-state index contributed by atoms with van der Waals surface area (Å²) in [5.41, 5.74) is 1.91. The third-order valence-corrected chi connectivity index (χ3v) is 5.41. The van der Waals surface area contributed by atoms with E-state index in [0.29, 0.717) is 25.9 Å². The SMILES string of the molecule is CCN(CC)C(=O)CCCC(=O)NC(C)CC(=O)Nc1cccc(N2CCCC2)c1. The second kappa shape index (κ2) is 12.2. The van der Waals surface area contributed by atoms with Crippen LogP contribution in [0.1, 0.15) is 59.3 Å². The molecule has 30 heavy (non-hydrogen) atoms. The Kier molecular flexibility index (Phi) is 9.64. The first kappa shape index (κ1) is 23.7. The van der Waals surface area contributed by atoms with Gasteiger partial charge in [-0.1, -0.05) is 6.07 Å². The molecule has 7 heteroatoms. The Morgan fingerprint density at radius 3 is 2.43 bits per heavy atom. The smallest absolute Gasteiger partial charge is 0.226 e. The van der Waals surface area contributed by atoms with Crippen molar-refractivity contribution in [2.24, 2.45) is 0 Å². The van der Waals surface area contributed by atoms with E-state index >= 15 is 0 Å². The van der Waals surface area contributed by atoms with Crippen molar-refractivity contribution >= 4 is 29.1 Å². The standard InChI is InChI=1S/C23H36N4O3/c1-4-26(5-2)23(30)13-9-12-21(28)24-18(3)16-22(29)25-19-10-8-11-20(17-19)27-14-6-7-15-27/h8,10-11,17-18H,4-7,9,12-16H2,1-3H3,(H,24,28)(H,25,29). The number of hydrogen-bond acceptors (Lipinski definition) is 4. The molecule has 166 valence electrons. The molecule has 0 aromatic heterocycles. The van der Waals surface area contributed by atoms with Crippen molar-refractivity contribution in [3.63, 3.8) is 0 Å². The summed E-state index contributed by atoms with van der Waals surface area (Å²) in [7, 11) is 0. The van der Waals surface area contributed by atoms with E-state index in [9.17, 15) is 14.4 Å². The molecule has 1 aliphatic rings. The van der Waals surface area contributed by atoms with Crippen LogP contribution in [0.25, 0.3) is 0 Å². The summed E-state index contributed by atoms with van der Waals surface area (Å²) in [6.07, 6.45) is 3.80. The van der Waals surface area contributed by atoms with Gasteiger partial charge in [0.25, 0.3) is 0 Å². The Bertz CT molecular complexity index is 712. The van der Waals surface area contributed by atoms with Crippen LogP contribution in [0.5, 0.6) is 0 Å². The lowest BCUT2D eigenvalue weighted by Crippen LogP contribution is -2.35. The van der Waals surface area contributed by atoms with Gasteiger partial charge < -0.3 is 20.4 Å². The monoisotopic (exact) mass is 416 g/mol. The summed E-state index contributed by atoms with van der Waals surface area (Å²) in [5, 5.41) is 5.78. The molecule has 2 rings (SSSR count). The van der Waals surface area contributed by atoms with E-state index in [2.05, 4.69) is 21.6 Å². The molecule has 1 heterocycles. The highest BCUT2D eigenvalue weighted by Crippen LogP contribution is 2.23. The Balaban J connectivity index is 1.70. The molecule has 3 amide bonds. The number of benzene rings is 1. The Labute approximate surface area is 180 Å². The van der Waals surface area contributed by atoms with Gasteiger partial charge >= 0.3 is 0 Å².